The van der Waals surface area contributed by atoms with Crippen molar-refractivity contribution in [2.75, 3.05) is 0 Å². The molecule has 3 aromatic rings. The first kappa shape index (κ1) is 10.5. The third kappa shape index (κ3) is 1.84. The third-order valence-corrected chi connectivity index (χ3v) is 2.66. The number of hydrogen-bond donors (Lipinski definition) is 1. The largest absolute Gasteiger partial charge is 0.508 e. The SMILES string of the molecule is Oc1ccc(-c2onnc2-c2ccccc2)cc1. The van der Waals surface area contributed by atoms with Crippen LogP contribution in [-0.2, 0) is 0 Å². The molecule has 0 saturated heterocycles. The Balaban J connectivity index is 2.10. The van der Waals surface area contributed by atoms with Gasteiger partial charge in [0.1, 0.15) is 11.4 Å². The molecule has 1 N–H and O–H groups in total. The number of aromatic nitrogens is 2. The maximum Gasteiger partial charge on any atom is 0.195 e. The molecule has 0 atom stereocenters. The summed E-state index contributed by atoms with van der Waals surface area (Å²) in [4.78, 5) is 0. The van der Waals surface area contributed by atoms with Crippen LogP contribution in [0, 0.1) is 0 Å². The van der Waals surface area contributed by atoms with Gasteiger partial charge in [0.25, 0.3) is 0 Å². The Labute approximate surface area is 103 Å². The van der Waals surface area contributed by atoms with E-state index in [4.69, 9.17) is 4.52 Å². The van der Waals surface area contributed by atoms with Gasteiger partial charge in [0.05, 0.1) is 0 Å². The van der Waals surface area contributed by atoms with Crippen molar-refractivity contribution in [3.05, 3.63) is 54.6 Å². The minimum absolute atomic E-state index is 0.215. The summed E-state index contributed by atoms with van der Waals surface area (Å²) < 4.78 is 5.20. The summed E-state index contributed by atoms with van der Waals surface area (Å²) >= 11 is 0. The van der Waals surface area contributed by atoms with Gasteiger partial charge in [0, 0.05) is 16.4 Å². The Morgan fingerprint density at radius 3 is 2.28 bits per heavy atom. The summed E-state index contributed by atoms with van der Waals surface area (Å²) in [6.07, 6.45) is 0. The summed E-state index contributed by atoms with van der Waals surface area (Å²) in [5.41, 5.74) is 2.47. The minimum Gasteiger partial charge on any atom is -0.508 e. The Hall–Kier alpha value is -2.62. The Bertz CT molecular complexity index is 645. The lowest BCUT2D eigenvalue weighted by molar-refractivity contribution is 0.403. The number of nitrogens with zero attached hydrogens (tertiary/aromatic N) is 2. The van der Waals surface area contributed by atoms with E-state index in [1.807, 2.05) is 30.3 Å². The lowest BCUT2D eigenvalue weighted by atomic mass is 10.1. The number of phenols is 1. The molecule has 4 heteroatoms. The van der Waals surface area contributed by atoms with Crippen LogP contribution in [0.15, 0.2) is 59.1 Å². The second-order valence-corrected chi connectivity index (χ2v) is 3.86. The van der Waals surface area contributed by atoms with Crippen molar-refractivity contribution in [1.82, 2.24) is 10.4 Å². The van der Waals surface area contributed by atoms with Crippen LogP contribution in [0.5, 0.6) is 5.75 Å². The highest BCUT2D eigenvalue weighted by Gasteiger charge is 2.14. The molecule has 0 saturated carbocycles. The van der Waals surface area contributed by atoms with E-state index in [1.54, 1.807) is 24.3 Å². The standard InChI is InChI=1S/C14H10N2O2/c17-12-8-6-11(7-9-12)14-13(15-16-18-14)10-4-2-1-3-5-10/h1-9,17H. The molecule has 18 heavy (non-hydrogen) atoms. The molecule has 1 heterocycles. The van der Waals surface area contributed by atoms with E-state index in [-0.39, 0.29) is 5.75 Å². The molecule has 0 bridgehead atoms. The first-order valence-corrected chi connectivity index (χ1v) is 5.52. The van der Waals surface area contributed by atoms with Crippen LogP contribution < -0.4 is 0 Å². The van der Waals surface area contributed by atoms with Crippen LogP contribution in [0.1, 0.15) is 0 Å². The molecule has 0 spiro atoms. The summed E-state index contributed by atoms with van der Waals surface area (Å²) in [5, 5.41) is 16.9. The second kappa shape index (κ2) is 4.33. The molecule has 2 aromatic carbocycles. The lowest BCUT2D eigenvalue weighted by Crippen LogP contribution is -1.82. The fraction of sp³-hybridized carbons (Fsp3) is 0. The summed E-state index contributed by atoms with van der Waals surface area (Å²) in [5.74, 6) is 0.814. The highest BCUT2D eigenvalue weighted by molar-refractivity contribution is 5.76. The number of phenolic OH excluding ortho intramolecular Hbond substituents is 1. The summed E-state index contributed by atoms with van der Waals surface area (Å²) in [6, 6.07) is 16.5. The number of rotatable bonds is 2. The zero-order valence-electron chi connectivity index (χ0n) is 9.45. The molecular weight excluding hydrogens is 228 g/mol. The van der Waals surface area contributed by atoms with E-state index in [1.165, 1.54) is 0 Å². The fourth-order valence-corrected chi connectivity index (χ4v) is 1.78. The highest BCUT2D eigenvalue weighted by Crippen LogP contribution is 2.30. The normalized spacial score (nSPS) is 10.4. The van der Waals surface area contributed by atoms with Crippen molar-refractivity contribution in [3.8, 4) is 28.3 Å². The Kier molecular flexibility index (Phi) is 2.53. The number of hydrogen-bond acceptors (Lipinski definition) is 4. The monoisotopic (exact) mass is 238 g/mol. The molecule has 0 aliphatic carbocycles. The van der Waals surface area contributed by atoms with Crippen LogP contribution in [0.25, 0.3) is 22.6 Å². The van der Waals surface area contributed by atoms with Crippen LogP contribution in [0.4, 0.5) is 0 Å². The minimum atomic E-state index is 0.215. The number of benzene rings is 2. The molecule has 1 aromatic heterocycles. The van der Waals surface area contributed by atoms with E-state index >= 15 is 0 Å². The van der Waals surface area contributed by atoms with Gasteiger partial charge in [-0.3, -0.25) is 0 Å². The maximum atomic E-state index is 9.28. The molecule has 3 rings (SSSR count). The first-order chi connectivity index (χ1) is 8.84. The smallest absolute Gasteiger partial charge is 0.195 e. The van der Waals surface area contributed by atoms with Gasteiger partial charge in [-0.05, 0) is 24.3 Å². The highest BCUT2D eigenvalue weighted by atomic mass is 16.5. The third-order valence-electron chi connectivity index (χ3n) is 2.66. The first-order valence-electron chi connectivity index (χ1n) is 5.52. The molecule has 4 nitrogen and oxygen atoms in total. The molecule has 0 unspecified atom stereocenters. The quantitative estimate of drug-likeness (QED) is 0.745. The van der Waals surface area contributed by atoms with Crippen LogP contribution in [0.3, 0.4) is 0 Å². The lowest BCUT2D eigenvalue weighted by Gasteiger charge is -2.00. The average molecular weight is 238 g/mol. The zero-order chi connectivity index (χ0) is 12.4. The van der Waals surface area contributed by atoms with E-state index in [0.29, 0.717) is 11.5 Å². The van der Waals surface area contributed by atoms with Crippen LogP contribution in [-0.4, -0.2) is 15.5 Å². The Morgan fingerprint density at radius 1 is 0.833 bits per heavy atom. The molecule has 0 fully saturated rings. The summed E-state index contributed by atoms with van der Waals surface area (Å²) in [6.45, 7) is 0. The predicted molar refractivity (Wildman–Crippen MR) is 66.8 cm³/mol. The maximum absolute atomic E-state index is 9.28. The van der Waals surface area contributed by atoms with Crippen molar-refractivity contribution in [3.63, 3.8) is 0 Å². The van der Waals surface area contributed by atoms with Crippen molar-refractivity contribution in [2.24, 2.45) is 0 Å². The average Bonchev–Trinajstić information content (AvgIpc) is 2.90. The van der Waals surface area contributed by atoms with Gasteiger partial charge in [-0.15, -0.1) is 5.10 Å². The summed E-state index contributed by atoms with van der Waals surface area (Å²) in [7, 11) is 0. The van der Waals surface area contributed by atoms with Gasteiger partial charge < -0.3 is 9.63 Å². The van der Waals surface area contributed by atoms with Gasteiger partial charge in [-0.2, -0.15) is 0 Å². The molecule has 0 amide bonds. The van der Waals surface area contributed by atoms with Crippen LogP contribution in [0.2, 0.25) is 0 Å². The fourth-order valence-electron chi connectivity index (χ4n) is 1.78. The van der Waals surface area contributed by atoms with Gasteiger partial charge in [-0.25, -0.2) is 0 Å². The number of aromatic hydroxyl groups is 1. The molecular formula is C14H10N2O2. The predicted octanol–water partition coefficient (Wildman–Crippen LogP) is 3.11. The van der Waals surface area contributed by atoms with Gasteiger partial charge >= 0.3 is 0 Å². The van der Waals surface area contributed by atoms with Gasteiger partial charge in [0.2, 0.25) is 0 Å². The van der Waals surface area contributed by atoms with Crippen molar-refractivity contribution in [2.45, 2.75) is 0 Å². The Morgan fingerprint density at radius 2 is 1.56 bits per heavy atom. The van der Waals surface area contributed by atoms with Crippen molar-refractivity contribution in [1.29, 1.82) is 0 Å². The second-order valence-electron chi connectivity index (χ2n) is 3.86. The van der Waals surface area contributed by atoms with Gasteiger partial charge in [0.15, 0.2) is 5.76 Å². The van der Waals surface area contributed by atoms with E-state index < -0.39 is 0 Å². The molecule has 0 radical (unpaired) electrons. The van der Waals surface area contributed by atoms with Crippen molar-refractivity contribution >= 4 is 0 Å². The molecule has 88 valence electrons. The van der Waals surface area contributed by atoms with Crippen LogP contribution >= 0.6 is 0 Å². The van der Waals surface area contributed by atoms with Gasteiger partial charge in [-0.1, -0.05) is 30.3 Å². The van der Waals surface area contributed by atoms with Crippen molar-refractivity contribution < 1.29 is 9.63 Å². The van der Waals surface area contributed by atoms with E-state index in [2.05, 4.69) is 10.4 Å². The van der Waals surface area contributed by atoms with E-state index in [0.717, 1.165) is 11.1 Å². The zero-order valence-corrected chi connectivity index (χ0v) is 9.45. The van der Waals surface area contributed by atoms with E-state index in [9.17, 15) is 5.11 Å². The molecule has 0 aliphatic heterocycles. The molecule has 0 aliphatic rings. The topological polar surface area (TPSA) is 59.2 Å².